The van der Waals surface area contributed by atoms with Crippen LogP contribution < -0.4 is 5.32 Å². The van der Waals surface area contributed by atoms with Crippen LogP contribution in [0.4, 0.5) is 11.4 Å². The zero-order valence-corrected chi connectivity index (χ0v) is 18.8. The van der Waals surface area contributed by atoms with Crippen molar-refractivity contribution in [2.24, 2.45) is 0 Å². The first-order valence-electron chi connectivity index (χ1n) is 10.2. The number of non-ortho nitro benzene ring substituents is 1. The molecule has 1 atom stereocenters. The second-order valence-corrected chi connectivity index (χ2v) is 8.65. The number of nitro benzene ring substituents is 1. The largest absolute Gasteiger partial charge is 0.325 e. The Hall–Kier alpha value is -3.98. The van der Waals surface area contributed by atoms with E-state index in [9.17, 15) is 14.9 Å². The molecule has 9 heteroatoms. The van der Waals surface area contributed by atoms with Gasteiger partial charge in [-0.2, -0.15) is 0 Å². The average molecular weight is 460 g/mol. The molecule has 0 aliphatic heterocycles. The van der Waals surface area contributed by atoms with Gasteiger partial charge in [-0.05, 0) is 49.7 Å². The lowest BCUT2D eigenvalue weighted by atomic mass is 10.2. The van der Waals surface area contributed by atoms with Gasteiger partial charge in [0.25, 0.3) is 5.69 Å². The second kappa shape index (κ2) is 9.66. The third-order valence-corrected chi connectivity index (χ3v) is 6.08. The highest BCUT2D eigenvalue weighted by Crippen LogP contribution is 2.31. The Morgan fingerprint density at radius 1 is 1.00 bits per heavy atom. The summed E-state index contributed by atoms with van der Waals surface area (Å²) in [5.41, 5.74) is 3.26. The van der Waals surface area contributed by atoms with E-state index in [0.717, 1.165) is 16.9 Å². The third kappa shape index (κ3) is 4.93. The van der Waals surface area contributed by atoms with Crippen LogP contribution in [0.3, 0.4) is 0 Å². The number of rotatable bonds is 7. The summed E-state index contributed by atoms with van der Waals surface area (Å²) in [5, 5.41) is 22.7. The Morgan fingerprint density at radius 3 is 2.33 bits per heavy atom. The van der Waals surface area contributed by atoms with Crippen LogP contribution in [0.5, 0.6) is 0 Å². The van der Waals surface area contributed by atoms with Crippen molar-refractivity contribution in [3.05, 3.63) is 94.5 Å². The highest BCUT2D eigenvalue weighted by atomic mass is 32.2. The molecule has 0 aliphatic rings. The molecule has 0 fully saturated rings. The summed E-state index contributed by atoms with van der Waals surface area (Å²) in [6, 6.07) is 23.3. The first-order valence-corrected chi connectivity index (χ1v) is 11.1. The van der Waals surface area contributed by atoms with Gasteiger partial charge in [0.05, 0.1) is 10.2 Å². The number of hydrogen-bond acceptors (Lipinski definition) is 6. The summed E-state index contributed by atoms with van der Waals surface area (Å²) in [4.78, 5) is 23.4. The van der Waals surface area contributed by atoms with Gasteiger partial charge in [0, 0.05) is 29.1 Å². The number of anilines is 1. The number of carbonyl (C=O) groups is 1. The van der Waals surface area contributed by atoms with Crippen LogP contribution in [0.2, 0.25) is 0 Å². The summed E-state index contributed by atoms with van der Waals surface area (Å²) in [6.45, 7) is 3.75. The molecule has 0 aliphatic carbocycles. The molecule has 1 aromatic heterocycles. The fraction of sp³-hybridized carbons (Fsp3) is 0.125. The molecule has 166 valence electrons. The van der Waals surface area contributed by atoms with Crippen molar-refractivity contribution in [2.45, 2.75) is 24.3 Å². The van der Waals surface area contributed by atoms with Gasteiger partial charge < -0.3 is 5.32 Å². The van der Waals surface area contributed by atoms with E-state index in [2.05, 4.69) is 15.5 Å². The minimum absolute atomic E-state index is 0.000577. The van der Waals surface area contributed by atoms with Crippen LogP contribution in [0, 0.1) is 17.0 Å². The fourth-order valence-corrected chi connectivity index (χ4v) is 4.10. The average Bonchev–Trinajstić information content (AvgIpc) is 3.24. The lowest BCUT2D eigenvalue weighted by molar-refractivity contribution is -0.384. The molecule has 4 rings (SSSR count). The molecule has 4 aromatic rings. The van der Waals surface area contributed by atoms with Gasteiger partial charge in [-0.3, -0.25) is 19.5 Å². The highest BCUT2D eigenvalue weighted by molar-refractivity contribution is 8.00. The van der Waals surface area contributed by atoms with E-state index < -0.39 is 10.2 Å². The SMILES string of the molecule is Cc1ccccc1NC(=O)C(C)Sc1nnc(-c2ccc([N+](=O)[O-])cc2)n1-c1ccccc1. The number of amides is 1. The second-order valence-electron chi connectivity index (χ2n) is 7.35. The summed E-state index contributed by atoms with van der Waals surface area (Å²) in [5.74, 6) is 0.388. The molecule has 33 heavy (non-hydrogen) atoms. The Kier molecular flexibility index (Phi) is 6.50. The van der Waals surface area contributed by atoms with Crippen molar-refractivity contribution in [3.63, 3.8) is 0 Å². The van der Waals surface area contributed by atoms with Crippen molar-refractivity contribution < 1.29 is 9.72 Å². The number of aryl methyl sites for hydroxylation is 1. The van der Waals surface area contributed by atoms with Crippen LogP contribution in [-0.4, -0.2) is 30.8 Å². The Morgan fingerprint density at radius 2 is 1.67 bits per heavy atom. The number of para-hydroxylation sites is 2. The molecule has 0 spiro atoms. The van der Waals surface area contributed by atoms with Crippen molar-refractivity contribution in [3.8, 4) is 17.1 Å². The zero-order chi connectivity index (χ0) is 23.4. The summed E-state index contributed by atoms with van der Waals surface area (Å²) < 4.78 is 1.85. The normalized spacial score (nSPS) is 11.7. The number of carbonyl (C=O) groups excluding carboxylic acids is 1. The Labute approximate surface area is 194 Å². The van der Waals surface area contributed by atoms with Crippen molar-refractivity contribution in [1.29, 1.82) is 0 Å². The minimum atomic E-state index is -0.444. The molecule has 1 unspecified atom stereocenters. The predicted molar refractivity (Wildman–Crippen MR) is 129 cm³/mol. The van der Waals surface area contributed by atoms with E-state index >= 15 is 0 Å². The van der Waals surface area contributed by atoms with Crippen molar-refractivity contribution in [1.82, 2.24) is 14.8 Å². The lowest BCUT2D eigenvalue weighted by Gasteiger charge is -2.15. The Bertz CT molecular complexity index is 1290. The molecule has 3 aromatic carbocycles. The molecular weight excluding hydrogens is 438 g/mol. The van der Waals surface area contributed by atoms with Gasteiger partial charge in [0.15, 0.2) is 11.0 Å². The number of hydrogen-bond donors (Lipinski definition) is 1. The number of nitrogens with zero attached hydrogens (tertiary/aromatic N) is 4. The maximum Gasteiger partial charge on any atom is 0.269 e. The van der Waals surface area contributed by atoms with Gasteiger partial charge in [-0.25, -0.2) is 0 Å². The first kappa shape index (κ1) is 22.2. The molecule has 0 saturated heterocycles. The summed E-state index contributed by atoms with van der Waals surface area (Å²) in [6.07, 6.45) is 0. The number of nitrogens with one attached hydrogen (secondary N) is 1. The van der Waals surface area contributed by atoms with Crippen LogP contribution in [-0.2, 0) is 4.79 Å². The van der Waals surface area contributed by atoms with Crippen molar-refractivity contribution in [2.75, 3.05) is 5.32 Å². The lowest BCUT2D eigenvalue weighted by Crippen LogP contribution is -2.23. The molecule has 1 amide bonds. The smallest absolute Gasteiger partial charge is 0.269 e. The molecule has 0 saturated carbocycles. The van der Waals surface area contributed by atoms with E-state index in [1.54, 1.807) is 12.1 Å². The van der Waals surface area contributed by atoms with E-state index in [1.807, 2.05) is 73.0 Å². The summed E-state index contributed by atoms with van der Waals surface area (Å²) in [7, 11) is 0. The number of aromatic nitrogens is 3. The molecule has 0 radical (unpaired) electrons. The van der Waals surface area contributed by atoms with Crippen molar-refractivity contribution >= 4 is 29.0 Å². The molecule has 1 heterocycles. The fourth-order valence-electron chi connectivity index (χ4n) is 3.23. The van der Waals surface area contributed by atoms with Gasteiger partial charge in [-0.15, -0.1) is 10.2 Å². The van der Waals surface area contributed by atoms with E-state index in [1.165, 1.54) is 23.9 Å². The van der Waals surface area contributed by atoms with Crippen LogP contribution in [0.15, 0.2) is 84.0 Å². The standard InChI is InChI=1S/C24H21N5O3S/c1-16-8-6-7-11-21(16)25-23(30)17(2)33-24-27-26-22(28(24)19-9-4-3-5-10-19)18-12-14-20(15-13-18)29(31)32/h3-15,17H,1-2H3,(H,25,30). The van der Waals surface area contributed by atoms with Crippen LogP contribution >= 0.6 is 11.8 Å². The van der Waals surface area contributed by atoms with Crippen LogP contribution in [0.1, 0.15) is 12.5 Å². The van der Waals surface area contributed by atoms with Gasteiger partial charge >= 0.3 is 0 Å². The zero-order valence-electron chi connectivity index (χ0n) is 18.0. The molecular formula is C24H21N5O3S. The molecule has 0 bridgehead atoms. The van der Waals surface area contributed by atoms with E-state index in [-0.39, 0.29) is 11.6 Å². The molecule has 1 N–H and O–H groups in total. The first-order chi connectivity index (χ1) is 15.9. The quantitative estimate of drug-likeness (QED) is 0.229. The van der Waals surface area contributed by atoms with E-state index in [0.29, 0.717) is 16.5 Å². The van der Waals surface area contributed by atoms with E-state index in [4.69, 9.17) is 0 Å². The van der Waals surface area contributed by atoms with Crippen LogP contribution in [0.25, 0.3) is 17.1 Å². The van der Waals surface area contributed by atoms with Gasteiger partial charge in [0.2, 0.25) is 5.91 Å². The number of nitro groups is 1. The summed E-state index contributed by atoms with van der Waals surface area (Å²) >= 11 is 1.29. The topological polar surface area (TPSA) is 103 Å². The maximum absolute atomic E-state index is 12.8. The predicted octanol–water partition coefficient (Wildman–Crippen LogP) is 5.27. The monoisotopic (exact) mass is 459 g/mol. The third-order valence-electron chi connectivity index (χ3n) is 5.04. The highest BCUT2D eigenvalue weighted by Gasteiger charge is 2.22. The number of benzene rings is 3. The molecule has 8 nitrogen and oxygen atoms in total. The minimum Gasteiger partial charge on any atom is -0.325 e. The number of thioether (sulfide) groups is 1. The maximum atomic E-state index is 12.8. The van der Waals surface area contributed by atoms with Gasteiger partial charge in [0.1, 0.15) is 0 Å². The Balaban J connectivity index is 1.65. The van der Waals surface area contributed by atoms with Gasteiger partial charge in [-0.1, -0.05) is 48.2 Å².